The molecule has 0 fully saturated rings. The largest absolute Gasteiger partial charge is 0.493 e. The number of esters is 2. The van der Waals surface area contributed by atoms with Gasteiger partial charge in [0, 0.05) is 43.6 Å². The van der Waals surface area contributed by atoms with Crippen LogP contribution in [0.1, 0.15) is 26.3 Å². The van der Waals surface area contributed by atoms with Gasteiger partial charge in [-0.05, 0) is 30.3 Å². The second-order valence-corrected chi connectivity index (χ2v) is 8.86. The molecule has 1 aromatic heterocycles. The van der Waals surface area contributed by atoms with Crippen molar-refractivity contribution in [3.05, 3.63) is 82.5 Å². The summed E-state index contributed by atoms with van der Waals surface area (Å²) in [7, 11) is 4.69. The van der Waals surface area contributed by atoms with Crippen molar-refractivity contribution in [2.45, 2.75) is 0 Å². The molecule has 2 aromatic carbocycles. The zero-order valence-electron chi connectivity index (χ0n) is 21.4. The number of methoxy groups -OCH3 is 1. The predicted molar refractivity (Wildman–Crippen MR) is 146 cm³/mol. The Morgan fingerprint density at radius 3 is 2.12 bits per heavy atom. The van der Waals surface area contributed by atoms with Crippen molar-refractivity contribution >= 4 is 52.7 Å². The van der Waals surface area contributed by atoms with E-state index in [1.165, 1.54) is 43.6 Å². The van der Waals surface area contributed by atoms with Crippen LogP contribution in [0, 0.1) is 5.41 Å². The first kappa shape index (κ1) is 27.8. The van der Waals surface area contributed by atoms with Crippen molar-refractivity contribution in [2.24, 2.45) is 0 Å². The van der Waals surface area contributed by atoms with Crippen LogP contribution in [0.3, 0.4) is 0 Å². The van der Waals surface area contributed by atoms with Gasteiger partial charge in [-0.1, -0.05) is 23.7 Å². The summed E-state index contributed by atoms with van der Waals surface area (Å²) >= 11 is 5.87. The van der Waals surface area contributed by atoms with Crippen molar-refractivity contribution in [1.29, 1.82) is 5.41 Å². The van der Waals surface area contributed by atoms with E-state index in [9.17, 15) is 19.2 Å². The normalized spacial score (nSPS) is 13.0. The first-order valence-electron chi connectivity index (χ1n) is 11.5. The summed E-state index contributed by atoms with van der Waals surface area (Å²) in [5, 5.41) is 13.6. The number of nitrogens with zero attached hydrogens (tertiary/aromatic N) is 2. The van der Waals surface area contributed by atoms with Gasteiger partial charge in [-0.2, -0.15) is 0 Å². The van der Waals surface area contributed by atoms with Crippen LogP contribution in [0.25, 0.3) is 0 Å². The summed E-state index contributed by atoms with van der Waals surface area (Å²) in [5.41, 5.74) is 0.271. The Kier molecular flexibility index (Phi) is 8.10. The van der Waals surface area contributed by atoms with E-state index < -0.39 is 29.5 Å². The number of aromatic nitrogens is 1. The number of hydrogen-bond donors (Lipinski definition) is 3. The molecule has 0 bridgehead atoms. The fraction of sp³-hybridized carbons (Fsp3) is 0.111. The Hall–Kier alpha value is -5.23. The lowest BCUT2D eigenvalue weighted by Crippen LogP contribution is -2.23. The Labute approximate surface area is 233 Å². The average Bonchev–Trinajstić information content (AvgIpc) is 2.93. The van der Waals surface area contributed by atoms with Crippen molar-refractivity contribution < 1.29 is 33.4 Å². The summed E-state index contributed by atoms with van der Waals surface area (Å²) in [6, 6.07) is 10.3. The summed E-state index contributed by atoms with van der Waals surface area (Å²) in [6.07, 6.45) is 3.03. The van der Waals surface area contributed by atoms with Crippen molar-refractivity contribution in [3.8, 4) is 17.2 Å². The number of fused-ring (bicyclic) bond motifs is 1. The predicted octanol–water partition coefficient (Wildman–Crippen LogP) is 3.52. The second kappa shape index (κ2) is 11.7. The molecule has 0 aliphatic carbocycles. The molecule has 3 aromatic rings. The van der Waals surface area contributed by atoms with Crippen LogP contribution in [0.5, 0.6) is 17.2 Å². The summed E-state index contributed by atoms with van der Waals surface area (Å²) in [4.78, 5) is 56.9. The minimum atomic E-state index is -0.959. The zero-order chi connectivity index (χ0) is 29.0. The number of amidine groups is 1. The van der Waals surface area contributed by atoms with Gasteiger partial charge in [0.05, 0.1) is 17.7 Å². The molecule has 0 radical (unpaired) electrons. The summed E-state index contributed by atoms with van der Waals surface area (Å²) < 4.78 is 16.0. The highest BCUT2D eigenvalue weighted by Crippen LogP contribution is 2.46. The van der Waals surface area contributed by atoms with Gasteiger partial charge in [0.25, 0.3) is 11.8 Å². The molecule has 1 aliphatic rings. The third-order valence-electron chi connectivity index (χ3n) is 5.50. The van der Waals surface area contributed by atoms with E-state index in [0.717, 1.165) is 12.2 Å². The van der Waals surface area contributed by atoms with E-state index >= 15 is 0 Å². The maximum Gasteiger partial charge on any atom is 0.336 e. The molecule has 4 rings (SSSR count). The quantitative estimate of drug-likeness (QED) is 0.176. The van der Waals surface area contributed by atoms with Gasteiger partial charge in [0.15, 0.2) is 5.75 Å². The number of carbonyl (C=O) groups is 4. The number of benzene rings is 2. The van der Waals surface area contributed by atoms with Gasteiger partial charge >= 0.3 is 11.9 Å². The third kappa shape index (κ3) is 6.08. The average molecular weight is 564 g/mol. The van der Waals surface area contributed by atoms with Gasteiger partial charge in [-0.3, -0.25) is 15.0 Å². The zero-order valence-corrected chi connectivity index (χ0v) is 22.2. The van der Waals surface area contributed by atoms with Gasteiger partial charge in [-0.25, -0.2) is 14.6 Å². The maximum atomic E-state index is 13.4. The van der Waals surface area contributed by atoms with E-state index in [1.54, 1.807) is 31.1 Å². The number of amides is 2. The van der Waals surface area contributed by atoms with Gasteiger partial charge in [0.1, 0.15) is 17.3 Å². The molecular weight excluding hydrogens is 542 g/mol. The highest BCUT2D eigenvalue weighted by atomic mass is 35.5. The van der Waals surface area contributed by atoms with Crippen LogP contribution in [-0.2, 0) is 9.59 Å². The maximum absolute atomic E-state index is 13.4. The molecule has 0 saturated carbocycles. The van der Waals surface area contributed by atoms with Crippen LogP contribution in [0.2, 0.25) is 5.02 Å². The van der Waals surface area contributed by atoms with E-state index in [2.05, 4.69) is 15.6 Å². The van der Waals surface area contributed by atoms with Gasteiger partial charge < -0.3 is 29.7 Å². The first-order chi connectivity index (χ1) is 19.1. The highest BCUT2D eigenvalue weighted by molar-refractivity contribution is 6.30. The highest BCUT2D eigenvalue weighted by Gasteiger charge is 2.30. The Morgan fingerprint density at radius 2 is 1.55 bits per heavy atom. The van der Waals surface area contributed by atoms with Crippen molar-refractivity contribution in [2.75, 3.05) is 31.8 Å². The molecule has 0 spiro atoms. The lowest BCUT2D eigenvalue weighted by Gasteiger charge is -2.21. The van der Waals surface area contributed by atoms with Crippen LogP contribution in [0.4, 0.5) is 11.5 Å². The topological polar surface area (TPSA) is 160 Å². The SMILES string of the molecule is COc1cc(C(=O)Nc2ccc(Cl)cn2)c(NC(=O)c2ccc(C(=N)N(C)C)cc2)c2c1OC(=O)/C=C\C(=O)O2. The molecule has 2 heterocycles. The fourth-order valence-corrected chi connectivity index (χ4v) is 3.64. The van der Waals surface area contributed by atoms with E-state index in [1.807, 2.05) is 0 Å². The number of ether oxygens (including phenoxy) is 3. The van der Waals surface area contributed by atoms with E-state index in [4.69, 9.17) is 31.2 Å². The van der Waals surface area contributed by atoms with Crippen LogP contribution >= 0.6 is 11.6 Å². The molecular formula is C27H22ClN5O7. The van der Waals surface area contributed by atoms with Crippen LogP contribution in [0.15, 0.2) is 60.8 Å². The Bertz CT molecular complexity index is 1550. The number of rotatable bonds is 6. The molecule has 12 nitrogen and oxygen atoms in total. The van der Waals surface area contributed by atoms with Gasteiger partial charge in [-0.15, -0.1) is 0 Å². The molecule has 1 aliphatic heterocycles. The number of anilines is 2. The number of halogens is 1. The Balaban J connectivity index is 1.80. The van der Waals surface area contributed by atoms with Crippen molar-refractivity contribution in [3.63, 3.8) is 0 Å². The standard InChI is InChI=1S/C27H22ClN5O7/c1-33(2)25(29)14-4-6-15(7-5-14)26(36)32-22-17(27(37)31-19-9-8-16(28)13-30-19)12-18(38-3)23-24(22)40-21(35)11-10-20(34)39-23/h4-13,29H,1-3H3,(H,32,36)(H,30,31,37)/b11-10-,29-25?. The summed E-state index contributed by atoms with van der Waals surface area (Å²) in [5.74, 6) is -3.80. The molecule has 40 heavy (non-hydrogen) atoms. The molecule has 204 valence electrons. The molecule has 0 saturated heterocycles. The van der Waals surface area contributed by atoms with E-state index in [0.29, 0.717) is 10.6 Å². The third-order valence-corrected chi connectivity index (χ3v) is 5.73. The molecule has 0 unspecified atom stereocenters. The molecule has 3 N–H and O–H groups in total. The number of pyridine rings is 1. The molecule has 13 heteroatoms. The Morgan fingerprint density at radius 1 is 0.925 bits per heavy atom. The van der Waals surface area contributed by atoms with Crippen LogP contribution in [-0.4, -0.2) is 60.7 Å². The van der Waals surface area contributed by atoms with Crippen molar-refractivity contribution in [1.82, 2.24) is 9.88 Å². The molecule has 2 amide bonds. The lowest BCUT2D eigenvalue weighted by molar-refractivity contribution is -0.133. The van der Waals surface area contributed by atoms with E-state index in [-0.39, 0.29) is 40.0 Å². The fourth-order valence-electron chi connectivity index (χ4n) is 3.53. The number of nitrogens with one attached hydrogen (secondary N) is 3. The number of hydrogen-bond acceptors (Lipinski definition) is 9. The minimum Gasteiger partial charge on any atom is -0.493 e. The lowest BCUT2D eigenvalue weighted by atomic mass is 10.1. The monoisotopic (exact) mass is 563 g/mol. The second-order valence-electron chi connectivity index (χ2n) is 8.43. The minimum absolute atomic E-state index is 0.120. The molecule has 0 atom stereocenters. The first-order valence-corrected chi connectivity index (χ1v) is 11.9. The van der Waals surface area contributed by atoms with Gasteiger partial charge in [0.2, 0.25) is 11.5 Å². The smallest absolute Gasteiger partial charge is 0.336 e. The van der Waals surface area contributed by atoms with Crippen LogP contribution < -0.4 is 24.8 Å². The number of carbonyl (C=O) groups excluding carboxylic acids is 4. The summed E-state index contributed by atoms with van der Waals surface area (Å²) in [6.45, 7) is 0.